The van der Waals surface area contributed by atoms with Crippen molar-refractivity contribution in [2.45, 2.75) is 13.0 Å². The number of hydrogen-bond acceptors (Lipinski definition) is 3. The van der Waals surface area contributed by atoms with Crippen molar-refractivity contribution >= 4 is 29.0 Å². The molecule has 164 valence electrons. The van der Waals surface area contributed by atoms with Crippen LogP contribution in [0.2, 0.25) is 0 Å². The standard InChI is InChI=1S/C25H24FN3O3/c1-27(25(32)22-6-3-2-5-21(22)17-30)15-18(14-26)16-29-12-9-19-13-20(7-8-23(19)29)24(31)28-10-4-11-28/h2-3,5-9,12-14,17H,4,10-11,15-16H2,1H3/b18-14+. The summed E-state index contributed by atoms with van der Waals surface area (Å²) in [6, 6.07) is 14.0. The lowest BCUT2D eigenvalue weighted by Gasteiger charge is -2.30. The number of nitrogens with zero attached hydrogens (tertiary/aromatic N) is 3. The first-order valence-electron chi connectivity index (χ1n) is 10.5. The Morgan fingerprint density at radius 3 is 2.59 bits per heavy atom. The van der Waals surface area contributed by atoms with E-state index in [2.05, 4.69) is 0 Å². The molecule has 0 radical (unpaired) electrons. The van der Waals surface area contributed by atoms with Crippen molar-refractivity contribution in [2.24, 2.45) is 0 Å². The van der Waals surface area contributed by atoms with Gasteiger partial charge < -0.3 is 14.4 Å². The van der Waals surface area contributed by atoms with Gasteiger partial charge in [0.05, 0.1) is 11.9 Å². The second-order valence-corrected chi connectivity index (χ2v) is 8.00. The van der Waals surface area contributed by atoms with Crippen molar-refractivity contribution < 1.29 is 18.8 Å². The summed E-state index contributed by atoms with van der Waals surface area (Å²) in [6.45, 7) is 1.93. The van der Waals surface area contributed by atoms with Gasteiger partial charge >= 0.3 is 0 Å². The molecule has 0 unspecified atom stereocenters. The maximum atomic E-state index is 13.7. The lowest BCUT2D eigenvalue weighted by atomic mass is 10.1. The fourth-order valence-corrected chi connectivity index (χ4v) is 3.89. The molecule has 1 aromatic heterocycles. The van der Waals surface area contributed by atoms with Gasteiger partial charge in [0, 0.05) is 61.5 Å². The molecule has 2 aromatic carbocycles. The van der Waals surface area contributed by atoms with Crippen LogP contribution in [0.3, 0.4) is 0 Å². The van der Waals surface area contributed by atoms with Crippen LogP contribution in [0, 0.1) is 0 Å². The Morgan fingerprint density at radius 1 is 1.12 bits per heavy atom. The Labute approximate surface area is 185 Å². The van der Waals surface area contributed by atoms with Gasteiger partial charge in [-0.2, -0.15) is 0 Å². The molecule has 0 atom stereocenters. The minimum atomic E-state index is -0.349. The summed E-state index contributed by atoms with van der Waals surface area (Å²) in [7, 11) is 1.58. The molecule has 0 saturated carbocycles. The van der Waals surface area contributed by atoms with E-state index in [0.29, 0.717) is 29.3 Å². The lowest BCUT2D eigenvalue weighted by Crippen LogP contribution is -2.41. The van der Waals surface area contributed by atoms with E-state index in [1.54, 1.807) is 37.4 Å². The van der Waals surface area contributed by atoms with Gasteiger partial charge in [-0.25, -0.2) is 4.39 Å². The Hall–Kier alpha value is -3.74. The van der Waals surface area contributed by atoms with Crippen LogP contribution in [0.15, 0.2) is 66.6 Å². The molecule has 6 nitrogen and oxygen atoms in total. The third-order valence-electron chi connectivity index (χ3n) is 5.79. The molecule has 2 heterocycles. The van der Waals surface area contributed by atoms with Crippen LogP contribution in [0.5, 0.6) is 0 Å². The highest BCUT2D eigenvalue weighted by Crippen LogP contribution is 2.22. The van der Waals surface area contributed by atoms with Gasteiger partial charge in [0.25, 0.3) is 11.8 Å². The van der Waals surface area contributed by atoms with Gasteiger partial charge in [0.1, 0.15) is 0 Å². The maximum Gasteiger partial charge on any atom is 0.254 e. The number of likely N-dealkylation sites (N-methyl/N-ethyl adjacent to an activating group) is 1. The summed E-state index contributed by atoms with van der Waals surface area (Å²) in [4.78, 5) is 39.6. The minimum absolute atomic E-state index is 0.0333. The number of carbonyl (C=O) groups excluding carboxylic acids is 3. The van der Waals surface area contributed by atoms with Crippen LogP contribution in [-0.4, -0.2) is 59.1 Å². The molecule has 7 heteroatoms. The predicted octanol–water partition coefficient (Wildman–Crippen LogP) is 3.93. The SMILES string of the molecule is CN(C/C(=C\F)Cn1ccc2cc(C(=O)N3CCC3)ccc21)C(=O)c1ccccc1C=O. The van der Waals surface area contributed by atoms with Crippen LogP contribution < -0.4 is 0 Å². The molecule has 4 rings (SSSR count). The smallest absolute Gasteiger partial charge is 0.254 e. The second-order valence-electron chi connectivity index (χ2n) is 8.00. The molecule has 0 spiro atoms. The summed E-state index contributed by atoms with van der Waals surface area (Å²) in [5, 5.41) is 0.902. The minimum Gasteiger partial charge on any atom is -0.343 e. The van der Waals surface area contributed by atoms with Crippen molar-refractivity contribution in [1.29, 1.82) is 0 Å². The molecular weight excluding hydrogens is 409 g/mol. The molecule has 2 amide bonds. The van der Waals surface area contributed by atoms with Crippen LogP contribution in [0.25, 0.3) is 10.9 Å². The summed E-state index contributed by atoms with van der Waals surface area (Å²) < 4.78 is 15.6. The van der Waals surface area contributed by atoms with E-state index in [4.69, 9.17) is 0 Å². The summed E-state index contributed by atoms with van der Waals surface area (Å²) in [5.74, 6) is -0.315. The van der Waals surface area contributed by atoms with Crippen LogP contribution in [-0.2, 0) is 6.54 Å². The van der Waals surface area contributed by atoms with Crippen molar-refractivity contribution in [2.75, 3.05) is 26.7 Å². The van der Waals surface area contributed by atoms with Gasteiger partial charge in [0.15, 0.2) is 6.29 Å². The van der Waals surface area contributed by atoms with Crippen LogP contribution in [0.4, 0.5) is 4.39 Å². The topological polar surface area (TPSA) is 62.6 Å². The van der Waals surface area contributed by atoms with E-state index < -0.39 is 0 Å². The zero-order chi connectivity index (χ0) is 22.7. The monoisotopic (exact) mass is 433 g/mol. The summed E-state index contributed by atoms with van der Waals surface area (Å²) >= 11 is 0. The number of benzene rings is 2. The molecule has 1 saturated heterocycles. The normalized spacial score (nSPS) is 13.7. The molecule has 0 aliphatic carbocycles. The Morgan fingerprint density at radius 2 is 1.91 bits per heavy atom. The first-order valence-corrected chi connectivity index (χ1v) is 10.5. The Kier molecular flexibility index (Phi) is 6.16. The third-order valence-corrected chi connectivity index (χ3v) is 5.79. The average Bonchev–Trinajstić information content (AvgIpc) is 3.18. The van der Waals surface area contributed by atoms with Gasteiger partial charge in [0.2, 0.25) is 0 Å². The number of amides is 2. The van der Waals surface area contributed by atoms with E-state index in [1.165, 1.54) is 4.90 Å². The third kappa shape index (κ3) is 4.19. The lowest BCUT2D eigenvalue weighted by molar-refractivity contribution is 0.0651. The van der Waals surface area contributed by atoms with Gasteiger partial charge in [-0.1, -0.05) is 18.2 Å². The van der Waals surface area contributed by atoms with E-state index in [1.807, 2.05) is 33.9 Å². The first kappa shape index (κ1) is 21.5. The molecule has 1 fully saturated rings. The van der Waals surface area contributed by atoms with Crippen molar-refractivity contribution in [1.82, 2.24) is 14.4 Å². The van der Waals surface area contributed by atoms with E-state index in [-0.39, 0.29) is 30.5 Å². The predicted molar refractivity (Wildman–Crippen MR) is 120 cm³/mol. The highest BCUT2D eigenvalue weighted by molar-refractivity contribution is 6.01. The van der Waals surface area contributed by atoms with Crippen molar-refractivity contribution in [3.05, 3.63) is 83.3 Å². The zero-order valence-electron chi connectivity index (χ0n) is 17.8. The number of hydrogen-bond donors (Lipinski definition) is 0. The van der Waals surface area contributed by atoms with E-state index in [0.717, 1.165) is 30.4 Å². The Balaban J connectivity index is 1.48. The van der Waals surface area contributed by atoms with E-state index in [9.17, 15) is 18.8 Å². The molecular formula is C25H24FN3O3. The first-order chi connectivity index (χ1) is 15.5. The second kappa shape index (κ2) is 9.18. The van der Waals surface area contributed by atoms with Gasteiger partial charge in [-0.15, -0.1) is 0 Å². The van der Waals surface area contributed by atoms with Crippen molar-refractivity contribution in [3.8, 4) is 0 Å². The van der Waals surface area contributed by atoms with E-state index >= 15 is 0 Å². The molecule has 1 aliphatic rings. The highest BCUT2D eigenvalue weighted by atomic mass is 19.1. The highest BCUT2D eigenvalue weighted by Gasteiger charge is 2.22. The fourth-order valence-electron chi connectivity index (χ4n) is 3.89. The number of likely N-dealkylation sites (tertiary alicyclic amines) is 1. The number of carbonyl (C=O) groups is 3. The van der Waals surface area contributed by atoms with Gasteiger partial charge in [-0.05, 0) is 42.3 Å². The van der Waals surface area contributed by atoms with Gasteiger partial charge in [-0.3, -0.25) is 14.4 Å². The molecule has 0 N–H and O–H groups in total. The molecule has 32 heavy (non-hydrogen) atoms. The average molecular weight is 433 g/mol. The largest absolute Gasteiger partial charge is 0.343 e. The number of fused-ring (bicyclic) bond motifs is 1. The molecule has 1 aliphatic heterocycles. The maximum absolute atomic E-state index is 13.7. The summed E-state index contributed by atoms with van der Waals surface area (Å²) in [6.07, 6.45) is 4.04. The number of aldehydes is 1. The summed E-state index contributed by atoms with van der Waals surface area (Å²) in [5.41, 5.74) is 2.52. The van der Waals surface area contributed by atoms with Crippen LogP contribution in [0.1, 0.15) is 37.5 Å². The quantitative estimate of drug-likeness (QED) is 0.531. The van der Waals surface area contributed by atoms with Crippen molar-refractivity contribution in [3.63, 3.8) is 0 Å². The molecule has 3 aromatic rings. The fraction of sp³-hybridized carbons (Fsp3) is 0.240. The number of rotatable bonds is 7. The zero-order valence-corrected chi connectivity index (χ0v) is 17.8. The van der Waals surface area contributed by atoms with Crippen LogP contribution >= 0.6 is 0 Å². The number of halogens is 1. The molecule has 0 bridgehead atoms. The Bertz CT molecular complexity index is 1210. The number of aromatic nitrogens is 1.